The van der Waals surface area contributed by atoms with Gasteiger partial charge in [-0.15, -0.1) is 11.3 Å². The first-order valence-corrected chi connectivity index (χ1v) is 8.60. The second kappa shape index (κ2) is 6.75. The van der Waals surface area contributed by atoms with E-state index in [9.17, 15) is 4.79 Å². The largest absolute Gasteiger partial charge is 0.361 e. The fourth-order valence-corrected chi connectivity index (χ4v) is 3.48. The van der Waals surface area contributed by atoms with Gasteiger partial charge in [-0.25, -0.2) is 4.98 Å². The van der Waals surface area contributed by atoms with E-state index < -0.39 is 0 Å². The Bertz CT molecular complexity index is 868. The predicted octanol–water partition coefficient (Wildman–Crippen LogP) is 4.34. The van der Waals surface area contributed by atoms with E-state index in [0.29, 0.717) is 17.3 Å². The van der Waals surface area contributed by atoms with Crippen LogP contribution < -0.4 is 0 Å². The number of rotatable bonds is 4. The minimum atomic E-state index is -0.149. The van der Waals surface area contributed by atoms with Gasteiger partial charge in [0.1, 0.15) is 16.5 Å². The number of benzene rings is 1. The molecular weight excluding hydrogens is 346 g/mol. The molecule has 1 aromatic carbocycles. The van der Waals surface area contributed by atoms with Gasteiger partial charge in [-0.05, 0) is 19.9 Å². The number of halogens is 1. The second-order valence-corrected chi connectivity index (χ2v) is 6.75. The number of hydrogen-bond donors (Lipinski definition) is 0. The fraction of sp³-hybridized carbons (Fsp3) is 0.235. The molecule has 5 nitrogen and oxygen atoms in total. The van der Waals surface area contributed by atoms with Crippen LogP contribution in [0.25, 0.3) is 10.6 Å². The first-order chi connectivity index (χ1) is 11.5. The third-order valence-electron chi connectivity index (χ3n) is 3.75. The normalized spacial score (nSPS) is 10.8. The Labute approximate surface area is 148 Å². The highest BCUT2D eigenvalue weighted by atomic mass is 35.5. The van der Waals surface area contributed by atoms with E-state index in [0.717, 1.165) is 27.6 Å². The standard InChI is InChI=1S/C17H16ClN3O2S/c1-10-13(11(2)23-20-10)8-21(3)17(22)15-9-24-16(19-15)12-6-4-5-7-14(12)18/h4-7,9H,8H2,1-3H3. The average molecular weight is 362 g/mol. The van der Waals surface area contributed by atoms with Crippen molar-refractivity contribution in [3.05, 3.63) is 57.4 Å². The van der Waals surface area contributed by atoms with Gasteiger partial charge in [0, 0.05) is 23.6 Å². The van der Waals surface area contributed by atoms with E-state index in [-0.39, 0.29) is 5.91 Å². The molecule has 7 heteroatoms. The second-order valence-electron chi connectivity index (χ2n) is 5.48. The van der Waals surface area contributed by atoms with Crippen molar-refractivity contribution in [1.29, 1.82) is 0 Å². The summed E-state index contributed by atoms with van der Waals surface area (Å²) in [7, 11) is 1.74. The lowest BCUT2D eigenvalue weighted by Crippen LogP contribution is -2.26. The Balaban J connectivity index is 1.80. The summed E-state index contributed by atoms with van der Waals surface area (Å²) in [5.41, 5.74) is 2.95. The van der Waals surface area contributed by atoms with Crippen molar-refractivity contribution in [2.24, 2.45) is 0 Å². The van der Waals surface area contributed by atoms with Gasteiger partial charge in [0.05, 0.1) is 17.3 Å². The summed E-state index contributed by atoms with van der Waals surface area (Å²) < 4.78 is 5.14. The van der Waals surface area contributed by atoms with Gasteiger partial charge in [0.15, 0.2) is 0 Å². The lowest BCUT2D eigenvalue weighted by Gasteiger charge is -2.15. The predicted molar refractivity (Wildman–Crippen MR) is 94.3 cm³/mol. The van der Waals surface area contributed by atoms with Crippen molar-refractivity contribution < 1.29 is 9.32 Å². The lowest BCUT2D eigenvalue weighted by molar-refractivity contribution is 0.0779. The average Bonchev–Trinajstić information content (AvgIpc) is 3.17. The van der Waals surface area contributed by atoms with Gasteiger partial charge in [-0.2, -0.15) is 0 Å². The zero-order valence-electron chi connectivity index (χ0n) is 13.5. The maximum absolute atomic E-state index is 12.6. The Morgan fingerprint density at radius 2 is 2.08 bits per heavy atom. The Morgan fingerprint density at radius 3 is 2.75 bits per heavy atom. The van der Waals surface area contributed by atoms with Crippen LogP contribution in [0.15, 0.2) is 34.2 Å². The maximum Gasteiger partial charge on any atom is 0.273 e. The smallest absolute Gasteiger partial charge is 0.273 e. The summed E-state index contributed by atoms with van der Waals surface area (Å²) in [5.74, 6) is 0.576. The quantitative estimate of drug-likeness (QED) is 0.693. The van der Waals surface area contributed by atoms with Crippen molar-refractivity contribution in [3.63, 3.8) is 0 Å². The molecular formula is C17H16ClN3O2S. The number of aryl methyl sites for hydroxylation is 2. The molecule has 0 unspecified atom stereocenters. The summed E-state index contributed by atoms with van der Waals surface area (Å²) >= 11 is 7.60. The molecule has 0 saturated heterocycles. The number of nitrogens with zero attached hydrogens (tertiary/aromatic N) is 3. The molecule has 124 valence electrons. The van der Waals surface area contributed by atoms with Gasteiger partial charge in [0.25, 0.3) is 5.91 Å². The Morgan fingerprint density at radius 1 is 1.33 bits per heavy atom. The van der Waals surface area contributed by atoms with E-state index in [1.165, 1.54) is 11.3 Å². The molecule has 0 aliphatic heterocycles. The molecule has 0 N–H and O–H groups in total. The van der Waals surface area contributed by atoms with Crippen molar-refractivity contribution >= 4 is 28.8 Å². The zero-order chi connectivity index (χ0) is 17.3. The third-order valence-corrected chi connectivity index (χ3v) is 4.96. The first-order valence-electron chi connectivity index (χ1n) is 7.35. The fourth-order valence-electron chi connectivity index (χ4n) is 2.36. The number of aromatic nitrogens is 2. The van der Waals surface area contributed by atoms with Crippen LogP contribution in [-0.2, 0) is 6.54 Å². The molecule has 0 aliphatic rings. The van der Waals surface area contributed by atoms with Crippen LogP contribution in [0.5, 0.6) is 0 Å². The van der Waals surface area contributed by atoms with Crippen LogP contribution in [0.3, 0.4) is 0 Å². The van der Waals surface area contributed by atoms with Crippen LogP contribution in [0, 0.1) is 13.8 Å². The summed E-state index contributed by atoms with van der Waals surface area (Å²) in [5, 5.41) is 7.02. The van der Waals surface area contributed by atoms with Gasteiger partial charge in [0.2, 0.25) is 0 Å². The van der Waals surface area contributed by atoms with Crippen molar-refractivity contribution in [2.75, 3.05) is 7.05 Å². The molecule has 0 spiro atoms. The molecule has 0 saturated carbocycles. The highest BCUT2D eigenvalue weighted by Crippen LogP contribution is 2.30. The van der Waals surface area contributed by atoms with E-state index in [1.807, 2.05) is 38.1 Å². The highest BCUT2D eigenvalue weighted by Gasteiger charge is 2.19. The minimum absolute atomic E-state index is 0.149. The molecule has 0 bridgehead atoms. The first kappa shape index (κ1) is 16.7. The SMILES string of the molecule is Cc1noc(C)c1CN(C)C(=O)c1csc(-c2ccccc2Cl)n1. The van der Waals surface area contributed by atoms with Crippen LogP contribution >= 0.6 is 22.9 Å². The van der Waals surface area contributed by atoms with Crippen LogP contribution in [0.4, 0.5) is 0 Å². The highest BCUT2D eigenvalue weighted by molar-refractivity contribution is 7.13. The van der Waals surface area contributed by atoms with Gasteiger partial charge in [-0.1, -0.05) is 35.0 Å². The summed E-state index contributed by atoms with van der Waals surface area (Å²) in [6.45, 7) is 4.13. The molecule has 2 aromatic heterocycles. The molecule has 0 fully saturated rings. The molecule has 3 rings (SSSR count). The third kappa shape index (κ3) is 3.20. The van der Waals surface area contributed by atoms with Crippen LogP contribution in [0.1, 0.15) is 27.5 Å². The summed E-state index contributed by atoms with van der Waals surface area (Å²) in [6, 6.07) is 7.46. The summed E-state index contributed by atoms with van der Waals surface area (Å²) in [6.07, 6.45) is 0. The van der Waals surface area contributed by atoms with Crippen molar-refractivity contribution in [2.45, 2.75) is 20.4 Å². The Kier molecular flexibility index (Phi) is 4.69. The van der Waals surface area contributed by atoms with Crippen molar-refractivity contribution in [3.8, 4) is 10.6 Å². The number of carbonyl (C=O) groups is 1. The topological polar surface area (TPSA) is 59.2 Å². The minimum Gasteiger partial charge on any atom is -0.361 e. The number of hydrogen-bond acceptors (Lipinski definition) is 5. The van der Waals surface area contributed by atoms with Gasteiger partial charge in [-0.3, -0.25) is 4.79 Å². The molecule has 1 amide bonds. The number of thiazole rings is 1. The molecule has 2 heterocycles. The van der Waals surface area contributed by atoms with Crippen LogP contribution in [-0.4, -0.2) is 28.0 Å². The van der Waals surface area contributed by atoms with Crippen LogP contribution in [0.2, 0.25) is 5.02 Å². The maximum atomic E-state index is 12.6. The van der Waals surface area contributed by atoms with Gasteiger partial charge >= 0.3 is 0 Å². The Hall–Kier alpha value is -2.18. The lowest BCUT2D eigenvalue weighted by atomic mass is 10.2. The van der Waals surface area contributed by atoms with E-state index >= 15 is 0 Å². The number of carbonyl (C=O) groups excluding carboxylic acids is 1. The zero-order valence-corrected chi connectivity index (χ0v) is 15.1. The van der Waals surface area contributed by atoms with Gasteiger partial charge < -0.3 is 9.42 Å². The molecule has 24 heavy (non-hydrogen) atoms. The molecule has 0 atom stereocenters. The molecule has 0 aliphatic carbocycles. The van der Waals surface area contributed by atoms with E-state index in [1.54, 1.807) is 17.3 Å². The monoisotopic (exact) mass is 361 g/mol. The summed E-state index contributed by atoms with van der Waals surface area (Å²) in [4.78, 5) is 18.7. The van der Waals surface area contributed by atoms with E-state index in [4.69, 9.17) is 16.1 Å². The number of amides is 1. The van der Waals surface area contributed by atoms with E-state index in [2.05, 4.69) is 10.1 Å². The molecule has 3 aromatic rings. The van der Waals surface area contributed by atoms with Crippen molar-refractivity contribution in [1.82, 2.24) is 15.0 Å². The molecule has 0 radical (unpaired) electrons.